The van der Waals surface area contributed by atoms with Crippen LogP contribution in [0, 0.1) is 0 Å². The van der Waals surface area contributed by atoms with Gasteiger partial charge >= 0.3 is 0 Å². The van der Waals surface area contributed by atoms with E-state index in [9.17, 15) is 0 Å². The van der Waals surface area contributed by atoms with E-state index in [0.717, 1.165) is 76.9 Å². The third kappa shape index (κ3) is 4.14. The van der Waals surface area contributed by atoms with Gasteiger partial charge in [-0.05, 0) is 94.4 Å². The lowest BCUT2D eigenvalue weighted by molar-refractivity contribution is 0.660. The average molecular weight is 769 g/mol. The van der Waals surface area contributed by atoms with Crippen LogP contribution in [0.4, 0.5) is 0 Å². The highest BCUT2D eigenvalue weighted by Gasteiger charge is 2.35. The van der Waals surface area contributed by atoms with Crippen LogP contribution in [0.15, 0.2) is 167 Å². The van der Waals surface area contributed by atoms with Crippen molar-refractivity contribution >= 4 is 82.0 Å². The summed E-state index contributed by atoms with van der Waals surface area (Å²) in [6.45, 7) is 4.61. The fraction of sp³-hybridized carbons (Fsp3) is 0.0556. The number of hydrogen-bond acceptors (Lipinski definition) is 5. The number of hydrogen-bond donors (Lipinski definition) is 0. The van der Waals surface area contributed by atoms with Gasteiger partial charge in [-0.15, -0.1) is 0 Å². The standard InChI is InChI=1S/C54H32N4O2/c1-54(2)40-15-7-3-11-32(40)37-25-29(19-22-41(37)54)51-55-52(30-20-23-45-38(26-30)35-14-6-10-18-44(35)59-45)57-53(56-51)31-27-39-34-13-5-9-17-43(34)58-42-16-8-4-12-33(42)36-21-24-46-49(50(36)58)48(39)47(28-31)60-46/h3-28H,1-2H3. The summed E-state index contributed by atoms with van der Waals surface area (Å²) in [5, 5.41) is 8.94. The second-order valence-corrected chi connectivity index (χ2v) is 16.7. The summed E-state index contributed by atoms with van der Waals surface area (Å²) in [6, 6.07) is 55.8. The fourth-order valence-electron chi connectivity index (χ4n) is 10.4. The molecule has 280 valence electrons. The van der Waals surface area contributed by atoms with Gasteiger partial charge in [0, 0.05) is 54.4 Å². The highest BCUT2D eigenvalue weighted by molar-refractivity contribution is 6.32. The number of nitrogens with zero attached hydrogens (tertiary/aromatic N) is 4. The zero-order valence-corrected chi connectivity index (χ0v) is 32.6. The molecule has 8 aromatic carbocycles. The molecule has 5 aromatic heterocycles. The highest BCUT2D eigenvalue weighted by atomic mass is 16.3. The molecule has 0 spiro atoms. The summed E-state index contributed by atoms with van der Waals surface area (Å²) >= 11 is 0. The third-order valence-electron chi connectivity index (χ3n) is 13.2. The van der Waals surface area contributed by atoms with E-state index in [1.165, 1.54) is 44.1 Å². The Bertz CT molecular complexity index is 3980. The molecule has 1 aliphatic rings. The quantitative estimate of drug-likeness (QED) is 0.179. The first-order valence-corrected chi connectivity index (χ1v) is 20.4. The SMILES string of the molecule is CC1(C)c2ccccc2-c2cc(-c3nc(-c4ccc5oc6ccccc6c5c4)nc(-c4cc5oc6ccc7c8ccccc8n8c9ccccc9c(c4)c5c6c78)n3)ccc21. The average Bonchev–Trinajstić information content (AvgIpc) is 4.00. The number of para-hydroxylation sites is 3. The van der Waals surface area contributed by atoms with Gasteiger partial charge in [0.1, 0.15) is 22.3 Å². The first kappa shape index (κ1) is 32.2. The molecule has 0 aliphatic heterocycles. The van der Waals surface area contributed by atoms with E-state index in [0.29, 0.717) is 17.5 Å². The van der Waals surface area contributed by atoms with Gasteiger partial charge in [-0.3, -0.25) is 0 Å². The van der Waals surface area contributed by atoms with E-state index in [1.807, 2.05) is 30.3 Å². The smallest absolute Gasteiger partial charge is 0.164 e. The van der Waals surface area contributed by atoms with Crippen LogP contribution in [-0.2, 0) is 5.41 Å². The van der Waals surface area contributed by atoms with Crippen molar-refractivity contribution in [3.63, 3.8) is 0 Å². The summed E-state index contributed by atoms with van der Waals surface area (Å²) in [5.74, 6) is 1.77. The maximum Gasteiger partial charge on any atom is 0.164 e. The van der Waals surface area contributed by atoms with Gasteiger partial charge in [-0.25, -0.2) is 15.0 Å². The molecule has 14 rings (SSSR count). The van der Waals surface area contributed by atoms with Crippen molar-refractivity contribution in [2.45, 2.75) is 19.3 Å². The molecular weight excluding hydrogens is 737 g/mol. The van der Waals surface area contributed by atoms with Crippen LogP contribution in [-0.4, -0.2) is 19.4 Å². The molecule has 1 aliphatic carbocycles. The number of fused-ring (bicyclic) bond motifs is 12. The topological polar surface area (TPSA) is 69.4 Å². The Morgan fingerprint density at radius 3 is 1.80 bits per heavy atom. The predicted molar refractivity (Wildman–Crippen MR) is 243 cm³/mol. The monoisotopic (exact) mass is 768 g/mol. The Labute approximate surface area is 342 Å². The van der Waals surface area contributed by atoms with Crippen LogP contribution in [0.25, 0.3) is 127 Å². The van der Waals surface area contributed by atoms with Gasteiger partial charge in [-0.2, -0.15) is 0 Å². The van der Waals surface area contributed by atoms with Gasteiger partial charge in [-0.1, -0.05) is 105 Å². The number of benzene rings is 8. The van der Waals surface area contributed by atoms with E-state index in [2.05, 4.69) is 146 Å². The second kappa shape index (κ2) is 11.2. The summed E-state index contributed by atoms with van der Waals surface area (Å²) in [7, 11) is 0. The molecule has 6 heteroatoms. The van der Waals surface area contributed by atoms with Crippen LogP contribution in [0.5, 0.6) is 0 Å². The molecule has 0 saturated carbocycles. The predicted octanol–water partition coefficient (Wildman–Crippen LogP) is 14.1. The van der Waals surface area contributed by atoms with Crippen LogP contribution in [0.2, 0.25) is 0 Å². The Morgan fingerprint density at radius 2 is 0.983 bits per heavy atom. The maximum atomic E-state index is 6.82. The molecule has 0 amide bonds. The Hall–Kier alpha value is -7.83. The molecular formula is C54H32N4O2. The number of aromatic nitrogens is 4. The minimum atomic E-state index is -0.111. The maximum absolute atomic E-state index is 6.82. The van der Waals surface area contributed by atoms with Gasteiger partial charge in [0.15, 0.2) is 17.5 Å². The van der Waals surface area contributed by atoms with Crippen molar-refractivity contribution in [3.8, 4) is 45.3 Å². The van der Waals surface area contributed by atoms with Crippen molar-refractivity contribution in [1.29, 1.82) is 0 Å². The molecule has 0 saturated heterocycles. The van der Waals surface area contributed by atoms with Crippen LogP contribution >= 0.6 is 0 Å². The molecule has 0 atom stereocenters. The number of furan rings is 2. The molecule has 6 nitrogen and oxygen atoms in total. The molecule has 5 heterocycles. The van der Waals surface area contributed by atoms with Crippen molar-refractivity contribution in [2.24, 2.45) is 0 Å². The molecule has 0 unspecified atom stereocenters. The van der Waals surface area contributed by atoms with Crippen LogP contribution in [0.1, 0.15) is 25.0 Å². The normalized spacial score (nSPS) is 13.6. The lowest BCUT2D eigenvalue weighted by atomic mass is 9.82. The minimum absolute atomic E-state index is 0.111. The summed E-state index contributed by atoms with van der Waals surface area (Å²) in [5.41, 5.74) is 14.4. The van der Waals surface area contributed by atoms with Crippen molar-refractivity contribution < 1.29 is 8.83 Å². The van der Waals surface area contributed by atoms with E-state index < -0.39 is 0 Å². The zero-order chi connectivity index (χ0) is 39.4. The van der Waals surface area contributed by atoms with Crippen LogP contribution < -0.4 is 0 Å². The summed E-state index contributed by atoms with van der Waals surface area (Å²) < 4.78 is 15.5. The molecule has 13 aromatic rings. The largest absolute Gasteiger partial charge is 0.456 e. The minimum Gasteiger partial charge on any atom is -0.456 e. The zero-order valence-electron chi connectivity index (χ0n) is 32.6. The van der Waals surface area contributed by atoms with Crippen molar-refractivity contribution in [2.75, 3.05) is 0 Å². The molecule has 0 N–H and O–H groups in total. The number of rotatable bonds is 3. The van der Waals surface area contributed by atoms with E-state index in [4.69, 9.17) is 23.8 Å². The van der Waals surface area contributed by atoms with Crippen molar-refractivity contribution in [1.82, 2.24) is 19.4 Å². The summed E-state index contributed by atoms with van der Waals surface area (Å²) in [6.07, 6.45) is 0. The lowest BCUT2D eigenvalue weighted by Crippen LogP contribution is -2.14. The molecule has 0 bridgehead atoms. The summed E-state index contributed by atoms with van der Waals surface area (Å²) in [4.78, 5) is 15.9. The highest BCUT2D eigenvalue weighted by Crippen LogP contribution is 2.50. The van der Waals surface area contributed by atoms with Gasteiger partial charge in [0.25, 0.3) is 0 Å². The Morgan fingerprint density at radius 1 is 0.400 bits per heavy atom. The van der Waals surface area contributed by atoms with Crippen LogP contribution in [0.3, 0.4) is 0 Å². The third-order valence-corrected chi connectivity index (χ3v) is 13.2. The Balaban J connectivity index is 1.06. The molecule has 60 heavy (non-hydrogen) atoms. The van der Waals surface area contributed by atoms with Gasteiger partial charge < -0.3 is 13.2 Å². The van der Waals surface area contributed by atoms with E-state index in [1.54, 1.807) is 0 Å². The first-order chi connectivity index (χ1) is 29.5. The lowest BCUT2D eigenvalue weighted by Gasteiger charge is -2.21. The van der Waals surface area contributed by atoms with E-state index in [-0.39, 0.29) is 5.41 Å². The first-order valence-electron chi connectivity index (χ1n) is 20.4. The molecule has 0 fully saturated rings. The second-order valence-electron chi connectivity index (χ2n) is 16.7. The van der Waals surface area contributed by atoms with Gasteiger partial charge in [0.05, 0.1) is 21.9 Å². The van der Waals surface area contributed by atoms with Gasteiger partial charge in [0.2, 0.25) is 0 Å². The van der Waals surface area contributed by atoms with Crippen molar-refractivity contribution in [3.05, 3.63) is 169 Å². The van der Waals surface area contributed by atoms with E-state index >= 15 is 0 Å². The Kier molecular flexibility index (Phi) is 6.01. The fourth-order valence-corrected chi connectivity index (χ4v) is 10.4. The molecule has 0 radical (unpaired) electrons.